The number of nitrogens with one attached hydrogen (secondary N) is 2. The number of hydrazine groups is 1. The molecule has 2 heterocycles. The summed E-state index contributed by atoms with van der Waals surface area (Å²) < 4.78 is 2.13. The Bertz CT molecular complexity index is 1210. The van der Waals surface area contributed by atoms with Crippen LogP contribution in [-0.2, 0) is 6.54 Å². The average molecular weight is 404 g/mol. The Morgan fingerprint density at radius 2 is 1.69 bits per heavy atom. The predicted molar refractivity (Wildman–Crippen MR) is 115 cm³/mol. The number of benzene rings is 2. The fourth-order valence-electron chi connectivity index (χ4n) is 3.23. The maximum Gasteiger partial charge on any atom is 0.279 e. The predicted octanol–water partition coefficient (Wildman–Crippen LogP) is 4.17. The lowest BCUT2D eigenvalue weighted by molar-refractivity contribution is 0.0848. The molecule has 0 saturated heterocycles. The molecule has 2 aromatic carbocycles. The van der Waals surface area contributed by atoms with Crippen LogP contribution in [0.5, 0.6) is 0 Å². The maximum absolute atomic E-state index is 12.5. The van der Waals surface area contributed by atoms with Gasteiger partial charge < -0.3 is 4.57 Å². The van der Waals surface area contributed by atoms with Gasteiger partial charge in [0.1, 0.15) is 0 Å². The molecule has 2 amide bonds. The quantitative estimate of drug-likeness (QED) is 0.501. The molecule has 4 aromatic rings. The molecule has 4 rings (SSSR count). The topological polar surface area (TPSA) is 76.0 Å². The van der Waals surface area contributed by atoms with Gasteiger partial charge in [-0.15, -0.1) is 11.3 Å². The Labute approximate surface area is 172 Å². The molecule has 2 aromatic heterocycles. The third-order valence-electron chi connectivity index (χ3n) is 4.70. The summed E-state index contributed by atoms with van der Waals surface area (Å²) in [6, 6.07) is 18.8. The Balaban J connectivity index is 1.51. The lowest BCUT2D eigenvalue weighted by Crippen LogP contribution is -2.41. The second-order valence-corrected chi connectivity index (χ2v) is 7.64. The van der Waals surface area contributed by atoms with Gasteiger partial charge in [0.15, 0.2) is 5.82 Å². The first kappa shape index (κ1) is 18.9. The molecule has 0 saturated carbocycles. The van der Waals surface area contributed by atoms with Crippen LogP contribution in [-0.4, -0.2) is 21.4 Å². The molecule has 7 heteroatoms. The van der Waals surface area contributed by atoms with Gasteiger partial charge in [0.05, 0.1) is 20.8 Å². The summed E-state index contributed by atoms with van der Waals surface area (Å²) >= 11 is 1.34. The van der Waals surface area contributed by atoms with E-state index in [2.05, 4.69) is 22.3 Å². The van der Waals surface area contributed by atoms with Gasteiger partial charge in [0.2, 0.25) is 0 Å². The van der Waals surface area contributed by atoms with Gasteiger partial charge in [-0.05, 0) is 49.7 Å². The van der Waals surface area contributed by atoms with Gasteiger partial charge in [-0.1, -0.05) is 30.3 Å². The molecular weight excluding hydrogens is 384 g/mol. The van der Waals surface area contributed by atoms with Gasteiger partial charge in [-0.25, -0.2) is 4.98 Å². The van der Waals surface area contributed by atoms with Gasteiger partial charge in [-0.3, -0.25) is 20.4 Å². The average Bonchev–Trinajstić information content (AvgIpc) is 3.36. The molecule has 0 aliphatic carbocycles. The third kappa shape index (κ3) is 3.64. The Morgan fingerprint density at radius 1 is 0.966 bits per heavy atom. The molecule has 0 fully saturated rings. The molecule has 0 spiro atoms. The van der Waals surface area contributed by atoms with Crippen molar-refractivity contribution in [2.45, 2.75) is 20.4 Å². The van der Waals surface area contributed by atoms with E-state index in [0.717, 1.165) is 33.8 Å². The van der Waals surface area contributed by atoms with Crippen LogP contribution >= 0.6 is 11.3 Å². The van der Waals surface area contributed by atoms with E-state index in [4.69, 9.17) is 4.98 Å². The summed E-state index contributed by atoms with van der Waals surface area (Å²) in [4.78, 5) is 30.9. The number of nitrogens with zero attached hydrogens (tertiary/aromatic N) is 2. The van der Waals surface area contributed by atoms with Crippen LogP contribution in [0.3, 0.4) is 0 Å². The van der Waals surface area contributed by atoms with E-state index in [1.807, 2.05) is 49.4 Å². The Kier molecular flexibility index (Phi) is 5.14. The molecule has 0 radical (unpaired) electrons. The van der Waals surface area contributed by atoms with E-state index in [1.54, 1.807) is 18.2 Å². The van der Waals surface area contributed by atoms with Crippen LogP contribution in [0.1, 0.15) is 32.5 Å². The van der Waals surface area contributed by atoms with Crippen LogP contribution in [0.4, 0.5) is 0 Å². The van der Waals surface area contributed by atoms with Gasteiger partial charge in [-0.2, -0.15) is 0 Å². The number of hydrogen-bond donors (Lipinski definition) is 2. The standard InChI is InChI=1S/C22H20N4O2S/c1-3-26-17-11-7-6-10-16(17)23-20(26)18-12-13-19(29-18)22(28)25-24-21(27)15-9-5-4-8-14(15)2/h4-13H,3H2,1-2H3,(H,24,27)(H,25,28). The Morgan fingerprint density at radius 3 is 2.48 bits per heavy atom. The first-order valence-electron chi connectivity index (χ1n) is 9.30. The zero-order chi connectivity index (χ0) is 20.4. The van der Waals surface area contributed by atoms with Gasteiger partial charge >= 0.3 is 0 Å². The van der Waals surface area contributed by atoms with Crippen LogP contribution in [0.15, 0.2) is 60.7 Å². The number of amides is 2. The van der Waals surface area contributed by atoms with Crippen LogP contribution in [0, 0.1) is 6.92 Å². The first-order valence-corrected chi connectivity index (χ1v) is 10.1. The van der Waals surface area contributed by atoms with Crippen LogP contribution in [0.25, 0.3) is 21.7 Å². The fourth-order valence-corrected chi connectivity index (χ4v) is 4.13. The summed E-state index contributed by atoms with van der Waals surface area (Å²) in [5.74, 6) is 0.130. The minimum Gasteiger partial charge on any atom is -0.324 e. The number of hydrogen-bond acceptors (Lipinski definition) is 4. The van der Waals surface area contributed by atoms with E-state index in [0.29, 0.717) is 10.4 Å². The van der Waals surface area contributed by atoms with Crippen molar-refractivity contribution in [2.24, 2.45) is 0 Å². The van der Waals surface area contributed by atoms with Crippen molar-refractivity contribution >= 4 is 34.2 Å². The summed E-state index contributed by atoms with van der Waals surface area (Å²) in [6.07, 6.45) is 0. The third-order valence-corrected chi connectivity index (χ3v) is 5.78. The lowest BCUT2D eigenvalue weighted by atomic mass is 10.1. The fraction of sp³-hybridized carbons (Fsp3) is 0.136. The minimum atomic E-state index is -0.359. The lowest BCUT2D eigenvalue weighted by Gasteiger charge is -2.08. The highest BCUT2D eigenvalue weighted by Gasteiger charge is 2.17. The number of thiophene rings is 1. The largest absolute Gasteiger partial charge is 0.324 e. The molecule has 146 valence electrons. The molecule has 0 unspecified atom stereocenters. The second kappa shape index (κ2) is 7.89. The Hall–Kier alpha value is -3.45. The zero-order valence-electron chi connectivity index (χ0n) is 16.1. The van der Waals surface area contributed by atoms with E-state index in [9.17, 15) is 9.59 Å². The highest BCUT2D eigenvalue weighted by molar-refractivity contribution is 7.17. The zero-order valence-corrected chi connectivity index (χ0v) is 16.9. The van der Waals surface area contributed by atoms with E-state index in [-0.39, 0.29) is 11.8 Å². The van der Waals surface area contributed by atoms with Crippen molar-refractivity contribution in [1.29, 1.82) is 0 Å². The number of aromatic nitrogens is 2. The number of fused-ring (bicyclic) bond motifs is 1. The molecule has 0 bridgehead atoms. The van der Waals surface area contributed by atoms with Crippen molar-refractivity contribution in [2.75, 3.05) is 0 Å². The molecule has 2 N–H and O–H groups in total. The number of imidazole rings is 1. The molecule has 0 aliphatic heterocycles. The highest BCUT2D eigenvalue weighted by Crippen LogP contribution is 2.30. The number of aryl methyl sites for hydroxylation is 2. The number of carbonyl (C=O) groups excluding carboxylic acids is 2. The summed E-state index contributed by atoms with van der Waals surface area (Å²) in [5.41, 5.74) is 8.33. The molecule has 29 heavy (non-hydrogen) atoms. The van der Waals surface area contributed by atoms with Crippen LogP contribution in [0.2, 0.25) is 0 Å². The normalized spacial score (nSPS) is 10.8. The minimum absolute atomic E-state index is 0.346. The SMILES string of the molecule is CCn1c(-c2ccc(C(=O)NNC(=O)c3ccccc3C)s2)nc2ccccc21. The monoisotopic (exact) mass is 404 g/mol. The van der Waals surface area contributed by atoms with Crippen molar-refractivity contribution < 1.29 is 9.59 Å². The van der Waals surface area contributed by atoms with Gasteiger partial charge in [0, 0.05) is 12.1 Å². The van der Waals surface area contributed by atoms with E-state index < -0.39 is 0 Å². The number of rotatable bonds is 4. The van der Waals surface area contributed by atoms with E-state index in [1.165, 1.54) is 11.3 Å². The molecular formula is C22H20N4O2S. The second-order valence-electron chi connectivity index (χ2n) is 6.56. The molecule has 6 nitrogen and oxygen atoms in total. The van der Waals surface area contributed by atoms with Crippen molar-refractivity contribution in [1.82, 2.24) is 20.4 Å². The summed E-state index contributed by atoms with van der Waals surface area (Å²) in [7, 11) is 0. The molecule has 0 atom stereocenters. The van der Waals surface area contributed by atoms with Crippen molar-refractivity contribution in [3.05, 3.63) is 76.7 Å². The summed E-state index contributed by atoms with van der Waals surface area (Å²) in [5, 5.41) is 0. The maximum atomic E-state index is 12.5. The van der Waals surface area contributed by atoms with Crippen LogP contribution < -0.4 is 10.9 Å². The first-order chi connectivity index (χ1) is 14.1. The molecule has 0 aliphatic rings. The number of carbonyl (C=O) groups is 2. The van der Waals surface area contributed by atoms with Crippen molar-refractivity contribution in [3.63, 3.8) is 0 Å². The summed E-state index contributed by atoms with van der Waals surface area (Å²) in [6.45, 7) is 4.70. The van der Waals surface area contributed by atoms with E-state index >= 15 is 0 Å². The van der Waals surface area contributed by atoms with Gasteiger partial charge in [0.25, 0.3) is 11.8 Å². The smallest absolute Gasteiger partial charge is 0.279 e. The number of para-hydroxylation sites is 2. The van der Waals surface area contributed by atoms with Crippen molar-refractivity contribution in [3.8, 4) is 10.7 Å². The highest BCUT2D eigenvalue weighted by atomic mass is 32.1.